The van der Waals surface area contributed by atoms with E-state index in [1.54, 1.807) is 12.3 Å². The van der Waals surface area contributed by atoms with E-state index in [0.29, 0.717) is 18.3 Å². The summed E-state index contributed by atoms with van der Waals surface area (Å²) in [6.45, 7) is 4.44. The molecule has 128 valence electrons. The highest BCUT2D eigenvalue weighted by Gasteiger charge is 2.08. The number of benzene rings is 2. The normalized spacial score (nSPS) is 11.8. The fourth-order valence-corrected chi connectivity index (χ4v) is 2.46. The van der Waals surface area contributed by atoms with Gasteiger partial charge in [-0.05, 0) is 37.1 Å². The standard InChI is InChI=1S/C20H22N4O/c1-14-7-9-16(10-8-14)18(25)13-22-19-11-12-21-20(24-19)23-17-6-4-3-5-15(17)2/h3-12,18,25H,13H2,1-2H3,(H2,21,22,23,24). The zero-order valence-electron chi connectivity index (χ0n) is 14.4. The van der Waals surface area contributed by atoms with Gasteiger partial charge in [-0.3, -0.25) is 0 Å². The zero-order valence-corrected chi connectivity index (χ0v) is 14.4. The Morgan fingerprint density at radius 1 is 1.00 bits per heavy atom. The predicted octanol–water partition coefficient (Wildman–Crippen LogP) is 3.98. The molecule has 0 aliphatic carbocycles. The molecule has 0 fully saturated rings. The Bertz CT molecular complexity index is 833. The van der Waals surface area contributed by atoms with E-state index in [1.807, 2.05) is 62.4 Å². The molecule has 0 aliphatic heterocycles. The highest BCUT2D eigenvalue weighted by atomic mass is 16.3. The van der Waals surface area contributed by atoms with Gasteiger partial charge >= 0.3 is 0 Å². The molecule has 5 nitrogen and oxygen atoms in total. The van der Waals surface area contributed by atoms with Crippen LogP contribution in [0.4, 0.5) is 17.5 Å². The molecule has 25 heavy (non-hydrogen) atoms. The Morgan fingerprint density at radius 3 is 2.52 bits per heavy atom. The molecule has 3 rings (SSSR count). The van der Waals surface area contributed by atoms with E-state index in [0.717, 1.165) is 16.8 Å². The van der Waals surface area contributed by atoms with Crippen molar-refractivity contribution in [1.29, 1.82) is 0 Å². The van der Waals surface area contributed by atoms with Gasteiger partial charge in [-0.2, -0.15) is 4.98 Å². The Morgan fingerprint density at radius 2 is 1.76 bits per heavy atom. The maximum absolute atomic E-state index is 10.3. The average Bonchev–Trinajstić information content (AvgIpc) is 2.63. The third-order valence-corrected chi connectivity index (χ3v) is 3.99. The first-order chi connectivity index (χ1) is 12.1. The van der Waals surface area contributed by atoms with Crippen LogP contribution in [-0.4, -0.2) is 21.6 Å². The minimum absolute atomic E-state index is 0.379. The van der Waals surface area contributed by atoms with Gasteiger partial charge in [-0.1, -0.05) is 48.0 Å². The zero-order chi connectivity index (χ0) is 17.6. The van der Waals surface area contributed by atoms with Gasteiger partial charge in [0.25, 0.3) is 0 Å². The van der Waals surface area contributed by atoms with Gasteiger partial charge in [0.1, 0.15) is 5.82 Å². The predicted molar refractivity (Wildman–Crippen MR) is 101 cm³/mol. The van der Waals surface area contributed by atoms with Gasteiger partial charge in [0.2, 0.25) is 5.95 Å². The van der Waals surface area contributed by atoms with Crippen LogP contribution >= 0.6 is 0 Å². The van der Waals surface area contributed by atoms with Gasteiger partial charge in [0.05, 0.1) is 6.10 Å². The van der Waals surface area contributed by atoms with E-state index in [9.17, 15) is 5.11 Å². The lowest BCUT2D eigenvalue weighted by Crippen LogP contribution is -2.13. The van der Waals surface area contributed by atoms with Crippen LogP contribution in [0.25, 0.3) is 0 Å². The molecule has 5 heteroatoms. The fraction of sp³-hybridized carbons (Fsp3) is 0.200. The summed E-state index contributed by atoms with van der Waals surface area (Å²) in [5.41, 5.74) is 4.15. The van der Waals surface area contributed by atoms with Gasteiger partial charge < -0.3 is 15.7 Å². The van der Waals surface area contributed by atoms with Crippen LogP contribution in [0.1, 0.15) is 22.8 Å². The number of nitrogens with zero attached hydrogens (tertiary/aromatic N) is 2. The minimum Gasteiger partial charge on any atom is -0.387 e. The first-order valence-corrected chi connectivity index (χ1v) is 8.26. The van der Waals surface area contributed by atoms with Crippen molar-refractivity contribution in [3.05, 3.63) is 77.5 Å². The van der Waals surface area contributed by atoms with Crippen molar-refractivity contribution in [1.82, 2.24) is 9.97 Å². The van der Waals surface area contributed by atoms with E-state index >= 15 is 0 Å². The number of hydrogen-bond acceptors (Lipinski definition) is 5. The van der Waals surface area contributed by atoms with Crippen molar-refractivity contribution >= 4 is 17.5 Å². The number of aromatic nitrogens is 2. The summed E-state index contributed by atoms with van der Waals surface area (Å²) in [4.78, 5) is 8.69. The second-order valence-electron chi connectivity index (χ2n) is 6.01. The SMILES string of the molecule is Cc1ccc(C(O)CNc2ccnc(Nc3ccccc3C)n2)cc1. The number of aliphatic hydroxyl groups excluding tert-OH is 1. The number of aliphatic hydroxyl groups is 1. The number of para-hydroxylation sites is 1. The lowest BCUT2D eigenvalue weighted by molar-refractivity contribution is 0.191. The molecule has 1 unspecified atom stereocenters. The molecule has 1 heterocycles. The number of rotatable bonds is 6. The quantitative estimate of drug-likeness (QED) is 0.636. The van der Waals surface area contributed by atoms with Crippen LogP contribution in [-0.2, 0) is 0 Å². The molecule has 1 atom stereocenters. The van der Waals surface area contributed by atoms with Crippen LogP contribution in [0.2, 0.25) is 0 Å². The second-order valence-corrected chi connectivity index (χ2v) is 6.01. The second kappa shape index (κ2) is 7.77. The number of aryl methyl sites for hydroxylation is 2. The maximum Gasteiger partial charge on any atom is 0.229 e. The molecule has 0 spiro atoms. The highest BCUT2D eigenvalue weighted by molar-refractivity contribution is 5.58. The summed E-state index contributed by atoms with van der Waals surface area (Å²) in [6.07, 6.45) is 1.09. The molecule has 0 bridgehead atoms. The molecule has 1 aromatic heterocycles. The molecule has 0 saturated heterocycles. The van der Waals surface area contributed by atoms with Gasteiger partial charge in [0, 0.05) is 18.4 Å². The molecule has 0 amide bonds. The Balaban J connectivity index is 1.63. The van der Waals surface area contributed by atoms with Gasteiger partial charge in [0.15, 0.2) is 0 Å². The number of nitrogens with one attached hydrogen (secondary N) is 2. The molecule has 2 aromatic carbocycles. The average molecular weight is 334 g/mol. The molecule has 0 radical (unpaired) electrons. The summed E-state index contributed by atoms with van der Waals surface area (Å²) in [6, 6.07) is 17.6. The van der Waals surface area contributed by atoms with Crippen molar-refractivity contribution in [3.8, 4) is 0 Å². The van der Waals surface area contributed by atoms with E-state index in [1.165, 1.54) is 5.56 Å². The summed E-state index contributed by atoms with van der Waals surface area (Å²) >= 11 is 0. The third kappa shape index (κ3) is 4.55. The van der Waals surface area contributed by atoms with Gasteiger partial charge in [-0.15, -0.1) is 0 Å². The van der Waals surface area contributed by atoms with Crippen molar-refractivity contribution in [2.24, 2.45) is 0 Å². The summed E-state index contributed by atoms with van der Waals surface area (Å²) in [5.74, 6) is 1.18. The van der Waals surface area contributed by atoms with Crippen molar-refractivity contribution < 1.29 is 5.11 Å². The van der Waals surface area contributed by atoms with E-state index < -0.39 is 6.10 Å². The number of anilines is 3. The van der Waals surface area contributed by atoms with Crippen LogP contribution in [0.5, 0.6) is 0 Å². The first kappa shape index (κ1) is 16.9. The first-order valence-electron chi connectivity index (χ1n) is 8.26. The molecular formula is C20H22N4O. The molecule has 0 aliphatic rings. The van der Waals surface area contributed by atoms with E-state index in [2.05, 4.69) is 20.6 Å². The van der Waals surface area contributed by atoms with Crippen LogP contribution in [0.15, 0.2) is 60.8 Å². The lowest BCUT2D eigenvalue weighted by Gasteiger charge is -2.14. The third-order valence-electron chi connectivity index (χ3n) is 3.99. The summed E-state index contributed by atoms with van der Waals surface area (Å²) in [5, 5.41) is 16.7. The maximum atomic E-state index is 10.3. The molecule has 0 saturated carbocycles. The summed E-state index contributed by atoms with van der Waals surface area (Å²) < 4.78 is 0. The molecular weight excluding hydrogens is 312 g/mol. The van der Waals surface area contributed by atoms with E-state index in [-0.39, 0.29) is 0 Å². The molecule has 3 aromatic rings. The highest BCUT2D eigenvalue weighted by Crippen LogP contribution is 2.19. The van der Waals surface area contributed by atoms with Crippen molar-refractivity contribution in [3.63, 3.8) is 0 Å². The van der Waals surface area contributed by atoms with E-state index in [4.69, 9.17) is 0 Å². The Hall–Kier alpha value is -2.92. The van der Waals surface area contributed by atoms with Crippen LogP contribution in [0.3, 0.4) is 0 Å². The molecule has 3 N–H and O–H groups in total. The van der Waals surface area contributed by atoms with Gasteiger partial charge in [-0.25, -0.2) is 4.98 Å². The lowest BCUT2D eigenvalue weighted by atomic mass is 10.1. The van der Waals surface area contributed by atoms with Crippen LogP contribution < -0.4 is 10.6 Å². The monoisotopic (exact) mass is 334 g/mol. The fourth-order valence-electron chi connectivity index (χ4n) is 2.46. The Labute approximate surface area is 147 Å². The Kier molecular flexibility index (Phi) is 5.26. The summed E-state index contributed by atoms with van der Waals surface area (Å²) in [7, 11) is 0. The van der Waals surface area contributed by atoms with Crippen molar-refractivity contribution in [2.45, 2.75) is 20.0 Å². The topological polar surface area (TPSA) is 70.1 Å². The largest absolute Gasteiger partial charge is 0.387 e. The minimum atomic E-state index is -0.594. The van der Waals surface area contributed by atoms with Crippen LogP contribution in [0, 0.1) is 13.8 Å². The smallest absolute Gasteiger partial charge is 0.229 e. The number of hydrogen-bond donors (Lipinski definition) is 3. The van der Waals surface area contributed by atoms with Crippen molar-refractivity contribution in [2.75, 3.05) is 17.2 Å².